The molecular weight excluding hydrogens is 198 g/mol. The van der Waals surface area contributed by atoms with Crippen molar-refractivity contribution in [3.63, 3.8) is 0 Å². The molecule has 0 radical (unpaired) electrons. The molecule has 0 fully saturated rings. The number of hydrogen-bond donors (Lipinski definition) is 1. The van der Waals surface area contributed by atoms with Crippen molar-refractivity contribution in [1.82, 2.24) is 0 Å². The average Bonchev–Trinajstić information content (AvgIpc) is 2.25. The first-order valence-electron chi connectivity index (χ1n) is 4.46. The lowest BCUT2D eigenvalue weighted by Crippen LogP contribution is -2.16. The highest BCUT2D eigenvalue weighted by Gasteiger charge is 2.17. The molecule has 5 heteroatoms. The van der Waals surface area contributed by atoms with Crippen molar-refractivity contribution < 1.29 is 19.4 Å². The van der Waals surface area contributed by atoms with E-state index in [2.05, 4.69) is 4.99 Å². The molecule has 1 aromatic carbocycles. The third-order valence-electron chi connectivity index (χ3n) is 2.02. The van der Waals surface area contributed by atoms with Crippen LogP contribution in [0.2, 0.25) is 0 Å². The van der Waals surface area contributed by atoms with Crippen LogP contribution in [0.3, 0.4) is 0 Å². The monoisotopic (exact) mass is 207 g/mol. The minimum Gasteiger partial charge on any atom is -0.508 e. The van der Waals surface area contributed by atoms with Gasteiger partial charge in [-0.1, -0.05) is 0 Å². The standard InChI is InChI=1S/C10H9NO4/c12-6-11-5-7-3-8(13)4-9-10(7)15-2-1-14-9/h3-4,13H,1-2,5H2. The third-order valence-corrected chi connectivity index (χ3v) is 2.02. The van der Waals surface area contributed by atoms with Gasteiger partial charge in [-0.2, -0.15) is 0 Å². The Balaban J connectivity index is 2.42. The molecule has 0 bridgehead atoms. The van der Waals surface area contributed by atoms with E-state index in [1.165, 1.54) is 18.2 Å². The van der Waals surface area contributed by atoms with Gasteiger partial charge in [0.1, 0.15) is 19.0 Å². The quantitative estimate of drug-likeness (QED) is 0.580. The van der Waals surface area contributed by atoms with Crippen molar-refractivity contribution in [2.24, 2.45) is 4.99 Å². The molecule has 5 nitrogen and oxygen atoms in total. The van der Waals surface area contributed by atoms with Crippen LogP contribution in [0.15, 0.2) is 17.1 Å². The minimum atomic E-state index is 0.0651. The molecule has 0 amide bonds. The van der Waals surface area contributed by atoms with Gasteiger partial charge in [0, 0.05) is 11.6 Å². The highest BCUT2D eigenvalue weighted by molar-refractivity contribution is 5.52. The first-order valence-corrected chi connectivity index (χ1v) is 4.46. The van der Waals surface area contributed by atoms with E-state index in [4.69, 9.17) is 9.47 Å². The topological polar surface area (TPSA) is 68.1 Å². The van der Waals surface area contributed by atoms with Crippen molar-refractivity contribution in [3.05, 3.63) is 17.7 Å². The zero-order valence-electron chi connectivity index (χ0n) is 7.90. The zero-order chi connectivity index (χ0) is 10.7. The van der Waals surface area contributed by atoms with Crippen LogP contribution in [0.25, 0.3) is 0 Å². The lowest BCUT2D eigenvalue weighted by atomic mass is 10.1. The van der Waals surface area contributed by atoms with Crippen LogP contribution < -0.4 is 9.47 Å². The number of aromatic hydroxyl groups is 1. The highest BCUT2D eigenvalue weighted by Crippen LogP contribution is 2.37. The predicted octanol–water partition coefficient (Wildman–Crippen LogP) is 0.999. The molecule has 0 saturated heterocycles. The van der Waals surface area contributed by atoms with Gasteiger partial charge < -0.3 is 14.6 Å². The van der Waals surface area contributed by atoms with Crippen LogP contribution >= 0.6 is 0 Å². The Morgan fingerprint density at radius 1 is 1.40 bits per heavy atom. The van der Waals surface area contributed by atoms with Gasteiger partial charge in [0.15, 0.2) is 11.5 Å². The normalized spacial score (nSPS) is 13.1. The number of phenolic OH excluding ortho intramolecular Hbond substituents is 1. The van der Waals surface area contributed by atoms with Crippen molar-refractivity contribution >= 4 is 6.08 Å². The fourth-order valence-electron chi connectivity index (χ4n) is 1.45. The number of hydrogen-bond acceptors (Lipinski definition) is 5. The molecule has 0 saturated carbocycles. The zero-order valence-corrected chi connectivity index (χ0v) is 7.90. The largest absolute Gasteiger partial charge is 0.508 e. The van der Waals surface area contributed by atoms with E-state index in [9.17, 15) is 9.90 Å². The van der Waals surface area contributed by atoms with Gasteiger partial charge in [-0.15, -0.1) is 0 Å². The highest BCUT2D eigenvalue weighted by atomic mass is 16.6. The summed E-state index contributed by atoms with van der Waals surface area (Å²) in [5.41, 5.74) is 0.619. The Morgan fingerprint density at radius 3 is 3.00 bits per heavy atom. The molecule has 0 aromatic heterocycles. The Kier molecular flexibility index (Phi) is 2.56. The first kappa shape index (κ1) is 9.55. The fraction of sp³-hybridized carbons (Fsp3) is 0.300. The van der Waals surface area contributed by atoms with Gasteiger partial charge in [-0.05, 0) is 6.07 Å². The van der Waals surface area contributed by atoms with Gasteiger partial charge in [0.2, 0.25) is 6.08 Å². The summed E-state index contributed by atoms with van der Waals surface area (Å²) >= 11 is 0. The second kappa shape index (κ2) is 4.02. The van der Waals surface area contributed by atoms with E-state index < -0.39 is 0 Å². The molecule has 0 aliphatic carbocycles. The summed E-state index contributed by atoms with van der Waals surface area (Å²) < 4.78 is 10.7. The number of fused-ring (bicyclic) bond motifs is 1. The maximum atomic E-state index is 10.0. The molecule has 1 aliphatic heterocycles. The summed E-state index contributed by atoms with van der Waals surface area (Å²) in [4.78, 5) is 13.4. The first-order chi connectivity index (χ1) is 7.31. The Labute approximate surface area is 86.0 Å². The van der Waals surface area contributed by atoms with Gasteiger partial charge in [-0.3, -0.25) is 0 Å². The molecule has 1 N–H and O–H groups in total. The fourth-order valence-corrected chi connectivity index (χ4v) is 1.45. The minimum absolute atomic E-state index is 0.0651. The number of ether oxygens (including phenoxy) is 2. The van der Waals surface area contributed by atoms with Crippen molar-refractivity contribution in [3.8, 4) is 17.2 Å². The summed E-state index contributed by atoms with van der Waals surface area (Å²) in [6, 6.07) is 2.97. The number of aliphatic imine (C=N–C) groups is 1. The molecule has 78 valence electrons. The number of rotatable bonds is 2. The van der Waals surface area contributed by atoms with Crippen molar-refractivity contribution in [1.29, 1.82) is 0 Å². The van der Waals surface area contributed by atoms with Crippen molar-refractivity contribution in [2.75, 3.05) is 13.2 Å². The average molecular weight is 207 g/mol. The van der Waals surface area contributed by atoms with Crippen LogP contribution in [0.4, 0.5) is 0 Å². The lowest BCUT2D eigenvalue weighted by Gasteiger charge is -2.20. The van der Waals surface area contributed by atoms with Gasteiger partial charge in [0.05, 0.1) is 6.54 Å². The number of carbonyl (C=O) groups excluding carboxylic acids is 1. The van der Waals surface area contributed by atoms with E-state index in [1.54, 1.807) is 0 Å². The Hall–Kier alpha value is -2.00. The summed E-state index contributed by atoms with van der Waals surface area (Å²) in [6.07, 6.45) is 1.44. The molecule has 1 aliphatic rings. The second-order valence-corrected chi connectivity index (χ2v) is 3.04. The van der Waals surface area contributed by atoms with Crippen LogP contribution in [0.5, 0.6) is 17.2 Å². The predicted molar refractivity (Wildman–Crippen MR) is 50.9 cm³/mol. The van der Waals surface area contributed by atoms with E-state index in [0.29, 0.717) is 30.3 Å². The Morgan fingerprint density at radius 2 is 2.20 bits per heavy atom. The van der Waals surface area contributed by atoms with Gasteiger partial charge in [-0.25, -0.2) is 9.79 Å². The van der Waals surface area contributed by atoms with E-state index >= 15 is 0 Å². The Bertz CT molecular complexity index is 424. The smallest absolute Gasteiger partial charge is 0.235 e. The third kappa shape index (κ3) is 1.92. The number of phenols is 1. The van der Waals surface area contributed by atoms with Crippen molar-refractivity contribution in [2.45, 2.75) is 6.54 Å². The number of benzene rings is 1. The SMILES string of the molecule is O=C=NCc1cc(O)cc2c1OCCO2. The molecular formula is C10H9NO4. The van der Waals surface area contributed by atoms with Crippen LogP contribution in [-0.2, 0) is 11.3 Å². The summed E-state index contributed by atoms with van der Waals surface area (Å²) in [5.74, 6) is 1.09. The van der Waals surface area contributed by atoms with E-state index in [-0.39, 0.29) is 12.3 Å². The summed E-state index contributed by atoms with van der Waals surface area (Å²) in [7, 11) is 0. The molecule has 1 heterocycles. The van der Waals surface area contributed by atoms with E-state index in [1.807, 2.05) is 0 Å². The molecule has 1 aromatic rings. The molecule has 0 atom stereocenters. The van der Waals surface area contributed by atoms with Gasteiger partial charge >= 0.3 is 0 Å². The van der Waals surface area contributed by atoms with E-state index in [0.717, 1.165) is 0 Å². The number of isocyanates is 1. The van der Waals surface area contributed by atoms with Crippen LogP contribution in [0.1, 0.15) is 5.56 Å². The summed E-state index contributed by atoms with van der Waals surface area (Å²) in [6.45, 7) is 1.03. The van der Waals surface area contributed by atoms with Gasteiger partial charge in [0.25, 0.3) is 0 Å². The number of nitrogens with zero attached hydrogens (tertiary/aromatic N) is 1. The maximum Gasteiger partial charge on any atom is 0.235 e. The molecule has 0 spiro atoms. The molecule has 0 unspecified atom stereocenters. The maximum absolute atomic E-state index is 10.0. The molecule has 2 rings (SSSR count). The lowest BCUT2D eigenvalue weighted by molar-refractivity contribution is 0.169. The molecule has 15 heavy (non-hydrogen) atoms. The van der Waals surface area contributed by atoms with Crippen LogP contribution in [-0.4, -0.2) is 24.4 Å². The summed E-state index contributed by atoms with van der Waals surface area (Å²) in [5, 5.41) is 9.39. The van der Waals surface area contributed by atoms with Crippen LogP contribution in [0, 0.1) is 0 Å². The second-order valence-electron chi connectivity index (χ2n) is 3.04.